The van der Waals surface area contributed by atoms with Gasteiger partial charge in [-0.3, -0.25) is 4.57 Å². The molecule has 1 aliphatic rings. The Hall–Kier alpha value is -3.08. The third-order valence-corrected chi connectivity index (χ3v) is 6.95. The third-order valence-electron chi connectivity index (χ3n) is 4.30. The summed E-state index contributed by atoms with van der Waals surface area (Å²) in [6.45, 7) is 0. The van der Waals surface area contributed by atoms with Gasteiger partial charge in [0, 0.05) is 16.3 Å². The van der Waals surface area contributed by atoms with Crippen molar-refractivity contribution in [3.63, 3.8) is 0 Å². The fourth-order valence-electron chi connectivity index (χ4n) is 3.01. The van der Waals surface area contributed by atoms with Crippen molar-refractivity contribution in [1.29, 1.82) is 5.26 Å². The van der Waals surface area contributed by atoms with Crippen LogP contribution in [0.1, 0.15) is 16.7 Å². The van der Waals surface area contributed by atoms with Crippen molar-refractivity contribution in [3.05, 3.63) is 95.6 Å². The zero-order valence-corrected chi connectivity index (χ0v) is 14.3. The average Bonchev–Trinajstić information content (AvgIpc) is 2.68. The van der Waals surface area contributed by atoms with Gasteiger partial charge in [0.2, 0.25) is 7.29 Å². The number of nitrogens with zero attached hydrogens (tertiary/aromatic N) is 1. The fraction of sp³-hybridized carbons (Fsp3) is 0. The first-order valence-electron chi connectivity index (χ1n) is 7.96. The molecule has 1 N–H and O–H groups in total. The highest BCUT2D eigenvalue weighted by molar-refractivity contribution is 7.82. The van der Waals surface area contributed by atoms with Crippen LogP contribution in [-0.4, -0.2) is 0 Å². The molecule has 0 saturated carbocycles. The molecular weight excluding hydrogens is 327 g/mol. The molecule has 3 nitrogen and oxygen atoms in total. The first-order valence-corrected chi connectivity index (χ1v) is 9.67. The van der Waals surface area contributed by atoms with E-state index in [1.807, 2.05) is 72.8 Å². The monoisotopic (exact) mass is 342 g/mol. The molecule has 25 heavy (non-hydrogen) atoms. The lowest BCUT2D eigenvalue weighted by Gasteiger charge is -2.29. The van der Waals surface area contributed by atoms with E-state index >= 15 is 0 Å². The van der Waals surface area contributed by atoms with Crippen LogP contribution >= 0.6 is 7.29 Å². The Morgan fingerprint density at radius 1 is 0.840 bits per heavy atom. The van der Waals surface area contributed by atoms with Crippen LogP contribution in [0, 0.1) is 11.3 Å². The predicted octanol–water partition coefficient (Wildman–Crippen LogP) is 5.09. The molecule has 0 aromatic heterocycles. The van der Waals surface area contributed by atoms with Gasteiger partial charge in [-0.2, -0.15) is 5.26 Å². The molecule has 1 heterocycles. The molecule has 0 spiro atoms. The Morgan fingerprint density at radius 3 is 2.24 bits per heavy atom. The number of hydrogen-bond donors (Lipinski definition) is 1. The van der Waals surface area contributed by atoms with Crippen molar-refractivity contribution < 1.29 is 4.57 Å². The minimum absolute atomic E-state index is 0.586. The Morgan fingerprint density at radius 2 is 1.52 bits per heavy atom. The van der Waals surface area contributed by atoms with E-state index < -0.39 is 7.29 Å². The Labute approximate surface area is 146 Å². The van der Waals surface area contributed by atoms with E-state index in [1.54, 1.807) is 12.1 Å². The molecular formula is C21H15N2OP. The van der Waals surface area contributed by atoms with Gasteiger partial charge in [-0.1, -0.05) is 48.5 Å². The molecule has 0 saturated heterocycles. The molecule has 4 heteroatoms. The molecule has 1 atom stereocenters. The van der Waals surface area contributed by atoms with E-state index in [9.17, 15) is 4.57 Å². The van der Waals surface area contributed by atoms with Gasteiger partial charge < -0.3 is 5.09 Å². The Balaban J connectivity index is 1.94. The maximum Gasteiger partial charge on any atom is 0.227 e. The second-order valence-corrected chi connectivity index (χ2v) is 8.30. The number of rotatable bonds is 2. The lowest BCUT2D eigenvalue weighted by atomic mass is 10.1. The van der Waals surface area contributed by atoms with Crippen LogP contribution in [0.15, 0.2) is 78.9 Å². The summed E-state index contributed by atoms with van der Waals surface area (Å²) >= 11 is 0. The lowest BCUT2D eigenvalue weighted by molar-refractivity contribution is 0.590. The van der Waals surface area contributed by atoms with Gasteiger partial charge >= 0.3 is 0 Å². The molecule has 0 aliphatic carbocycles. The van der Waals surface area contributed by atoms with E-state index in [0.29, 0.717) is 5.56 Å². The van der Waals surface area contributed by atoms with Gasteiger partial charge in [-0.15, -0.1) is 0 Å². The summed E-state index contributed by atoms with van der Waals surface area (Å²) in [4.78, 5) is 0. The molecule has 120 valence electrons. The van der Waals surface area contributed by atoms with Crippen LogP contribution in [-0.2, 0) is 4.57 Å². The van der Waals surface area contributed by atoms with Crippen molar-refractivity contribution in [2.45, 2.75) is 0 Å². The van der Waals surface area contributed by atoms with Crippen molar-refractivity contribution in [2.75, 3.05) is 5.09 Å². The van der Waals surface area contributed by atoms with Crippen molar-refractivity contribution in [2.24, 2.45) is 0 Å². The molecule has 0 radical (unpaired) electrons. The van der Waals surface area contributed by atoms with Crippen LogP contribution in [0.3, 0.4) is 0 Å². The molecule has 0 amide bonds. The van der Waals surface area contributed by atoms with Crippen molar-refractivity contribution in [1.82, 2.24) is 0 Å². The maximum absolute atomic E-state index is 14.0. The summed E-state index contributed by atoms with van der Waals surface area (Å²) in [6, 6.07) is 26.7. The van der Waals surface area contributed by atoms with Gasteiger partial charge in [0.15, 0.2) is 0 Å². The normalized spacial score (nSPS) is 18.4. The summed E-state index contributed by atoms with van der Waals surface area (Å²) in [7, 11) is -3.03. The topological polar surface area (TPSA) is 52.9 Å². The standard InChI is InChI=1S/C21H15N2OP/c22-15-16-10-12-17(13-11-16)21-14-18-6-4-5-9-20(18)23-25(21,24)19-7-2-1-3-8-19/h1-14H,(H,23,24). The average molecular weight is 342 g/mol. The predicted molar refractivity (Wildman–Crippen MR) is 103 cm³/mol. The highest BCUT2D eigenvalue weighted by Crippen LogP contribution is 2.60. The molecule has 1 aliphatic heterocycles. The molecule has 3 aromatic rings. The molecule has 3 aromatic carbocycles. The maximum atomic E-state index is 14.0. The van der Waals surface area contributed by atoms with E-state index in [4.69, 9.17) is 5.26 Å². The summed E-state index contributed by atoms with van der Waals surface area (Å²) in [5.74, 6) is 0. The Kier molecular flexibility index (Phi) is 3.76. The van der Waals surface area contributed by atoms with Crippen LogP contribution in [0.4, 0.5) is 5.69 Å². The molecule has 0 bridgehead atoms. The van der Waals surface area contributed by atoms with Crippen molar-refractivity contribution in [3.8, 4) is 6.07 Å². The van der Waals surface area contributed by atoms with E-state index in [1.165, 1.54) is 0 Å². The number of para-hydroxylation sites is 1. The summed E-state index contributed by atoms with van der Waals surface area (Å²) in [5.41, 5.74) is 3.31. The van der Waals surface area contributed by atoms with Crippen LogP contribution in [0.5, 0.6) is 0 Å². The quantitative estimate of drug-likeness (QED) is 0.660. The summed E-state index contributed by atoms with van der Waals surface area (Å²) < 4.78 is 14.0. The van der Waals surface area contributed by atoms with Gasteiger partial charge in [0.1, 0.15) is 0 Å². The summed E-state index contributed by atoms with van der Waals surface area (Å²) in [6.07, 6.45) is 1.99. The van der Waals surface area contributed by atoms with Crippen LogP contribution < -0.4 is 10.4 Å². The van der Waals surface area contributed by atoms with E-state index in [0.717, 1.165) is 27.4 Å². The first kappa shape index (κ1) is 15.4. The minimum atomic E-state index is -3.03. The smallest absolute Gasteiger partial charge is 0.227 e. The Bertz CT molecular complexity index is 1050. The number of hydrogen-bond acceptors (Lipinski definition) is 2. The second-order valence-electron chi connectivity index (χ2n) is 5.86. The molecule has 4 rings (SSSR count). The van der Waals surface area contributed by atoms with Gasteiger partial charge in [-0.05, 0) is 47.5 Å². The highest BCUT2D eigenvalue weighted by atomic mass is 31.2. The number of nitrogens with one attached hydrogen (secondary N) is 1. The zero-order valence-electron chi connectivity index (χ0n) is 13.4. The molecule has 0 fully saturated rings. The first-order chi connectivity index (χ1) is 12.2. The van der Waals surface area contributed by atoms with Crippen molar-refractivity contribution >= 4 is 29.7 Å². The van der Waals surface area contributed by atoms with Crippen LogP contribution in [0.2, 0.25) is 0 Å². The lowest BCUT2D eigenvalue weighted by Crippen LogP contribution is -2.16. The highest BCUT2D eigenvalue weighted by Gasteiger charge is 2.34. The largest absolute Gasteiger partial charge is 0.329 e. The minimum Gasteiger partial charge on any atom is -0.329 e. The summed E-state index contributed by atoms with van der Waals surface area (Å²) in [5, 5.41) is 13.8. The third kappa shape index (κ3) is 2.67. The number of nitriles is 1. The van der Waals surface area contributed by atoms with E-state index in [2.05, 4.69) is 11.2 Å². The van der Waals surface area contributed by atoms with Gasteiger partial charge in [0.25, 0.3) is 0 Å². The SMILES string of the molecule is N#Cc1ccc(C2=Cc3ccccc3NP2(=O)c2ccccc2)cc1. The zero-order chi connectivity index (χ0) is 17.3. The number of fused-ring (bicyclic) bond motifs is 1. The number of benzene rings is 3. The van der Waals surface area contributed by atoms with Gasteiger partial charge in [-0.25, -0.2) is 0 Å². The second kappa shape index (κ2) is 6.09. The molecule has 1 unspecified atom stereocenters. The van der Waals surface area contributed by atoms with E-state index in [-0.39, 0.29) is 0 Å². The van der Waals surface area contributed by atoms with Crippen LogP contribution in [0.25, 0.3) is 11.4 Å². The van der Waals surface area contributed by atoms with Gasteiger partial charge in [0.05, 0.1) is 11.6 Å². The fourth-order valence-corrected chi connectivity index (χ4v) is 5.51. The number of anilines is 1.